The van der Waals surface area contributed by atoms with E-state index in [1.54, 1.807) is 60.5 Å². The van der Waals surface area contributed by atoms with Crippen LogP contribution in [0.15, 0.2) is 48.5 Å². The van der Waals surface area contributed by atoms with Crippen molar-refractivity contribution in [3.8, 4) is 5.75 Å². The number of amides is 3. The van der Waals surface area contributed by atoms with Crippen molar-refractivity contribution in [2.24, 2.45) is 0 Å². The van der Waals surface area contributed by atoms with Crippen LogP contribution in [0, 0.1) is 0 Å². The minimum atomic E-state index is -1.36. The standard InChI is InChI=1S/C22H23N3O4/c1-3-14-24-20(27)17-6-4-5-7-18(17)25-19(26)12-13-22(24,25)21(28)23-15-8-10-16(29-2)11-9-15/h4-11H,3,12-14H2,1-2H3,(H,23,28)/t22-/m1/s1. The van der Waals surface area contributed by atoms with Gasteiger partial charge in [-0.05, 0) is 42.8 Å². The Kier molecular flexibility index (Phi) is 4.74. The van der Waals surface area contributed by atoms with Crippen molar-refractivity contribution in [2.75, 3.05) is 23.9 Å². The zero-order chi connectivity index (χ0) is 20.6. The summed E-state index contributed by atoms with van der Waals surface area (Å²) in [5.74, 6) is -0.0905. The second-order valence-corrected chi connectivity index (χ2v) is 7.20. The summed E-state index contributed by atoms with van der Waals surface area (Å²) in [4.78, 5) is 42.8. The first-order chi connectivity index (χ1) is 14.0. The van der Waals surface area contributed by atoms with Crippen LogP contribution in [-0.4, -0.2) is 41.9 Å². The number of anilines is 2. The number of fused-ring (bicyclic) bond motifs is 3. The maximum absolute atomic E-state index is 13.6. The maximum atomic E-state index is 13.6. The lowest BCUT2D eigenvalue weighted by atomic mass is 9.95. The van der Waals surface area contributed by atoms with Gasteiger partial charge in [-0.15, -0.1) is 0 Å². The van der Waals surface area contributed by atoms with Crippen molar-refractivity contribution >= 4 is 29.1 Å². The van der Waals surface area contributed by atoms with Crippen LogP contribution in [-0.2, 0) is 9.59 Å². The van der Waals surface area contributed by atoms with Crippen LogP contribution < -0.4 is 15.0 Å². The molecule has 0 aliphatic carbocycles. The topological polar surface area (TPSA) is 79.0 Å². The Morgan fingerprint density at radius 2 is 1.86 bits per heavy atom. The van der Waals surface area contributed by atoms with Crippen molar-refractivity contribution in [3.05, 3.63) is 54.1 Å². The van der Waals surface area contributed by atoms with Crippen LogP contribution >= 0.6 is 0 Å². The highest BCUT2D eigenvalue weighted by Gasteiger charge is 2.60. The average Bonchev–Trinajstić information content (AvgIpc) is 3.10. The number of methoxy groups -OCH3 is 1. The Hall–Kier alpha value is -3.35. The SMILES string of the molecule is CCCN1C(=O)c2ccccc2N2C(=O)CC[C@@]12C(=O)Nc1ccc(OC)cc1. The lowest BCUT2D eigenvalue weighted by molar-refractivity contribution is -0.128. The first-order valence-electron chi connectivity index (χ1n) is 9.72. The maximum Gasteiger partial charge on any atom is 0.271 e. The van der Waals surface area contributed by atoms with E-state index in [2.05, 4.69) is 5.32 Å². The third-order valence-corrected chi connectivity index (χ3v) is 5.53. The zero-order valence-corrected chi connectivity index (χ0v) is 16.5. The van der Waals surface area contributed by atoms with E-state index in [-0.39, 0.29) is 30.6 Å². The molecule has 0 unspecified atom stereocenters. The fourth-order valence-corrected chi connectivity index (χ4v) is 4.22. The average molecular weight is 393 g/mol. The molecule has 2 aromatic rings. The number of para-hydroxylation sites is 1. The van der Waals surface area contributed by atoms with E-state index in [4.69, 9.17) is 4.74 Å². The van der Waals surface area contributed by atoms with Crippen molar-refractivity contribution < 1.29 is 19.1 Å². The summed E-state index contributed by atoms with van der Waals surface area (Å²) in [5, 5.41) is 2.90. The molecule has 0 bridgehead atoms. The van der Waals surface area contributed by atoms with Crippen molar-refractivity contribution in [2.45, 2.75) is 31.8 Å². The number of benzene rings is 2. The molecule has 3 amide bonds. The first-order valence-corrected chi connectivity index (χ1v) is 9.72. The van der Waals surface area contributed by atoms with Gasteiger partial charge in [0.05, 0.1) is 18.4 Å². The summed E-state index contributed by atoms with van der Waals surface area (Å²) < 4.78 is 5.16. The minimum Gasteiger partial charge on any atom is -0.497 e. The van der Waals surface area contributed by atoms with Crippen molar-refractivity contribution in [1.29, 1.82) is 0 Å². The summed E-state index contributed by atoms with van der Waals surface area (Å²) in [6.07, 6.45) is 1.14. The van der Waals surface area contributed by atoms with Gasteiger partial charge in [0.25, 0.3) is 11.8 Å². The lowest BCUT2D eigenvalue weighted by Crippen LogP contribution is -2.69. The van der Waals surface area contributed by atoms with E-state index in [1.165, 1.54) is 4.90 Å². The molecule has 0 radical (unpaired) electrons. The van der Waals surface area contributed by atoms with Gasteiger partial charge < -0.3 is 15.0 Å². The number of ether oxygens (including phenoxy) is 1. The van der Waals surface area contributed by atoms with Gasteiger partial charge in [-0.2, -0.15) is 0 Å². The molecule has 4 rings (SSSR count). The van der Waals surface area contributed by atoms with Crippen LogP contribution in [0.1, 0.15) is 36.5 Å². The fraction of sp³-hybridized carbons (Fsp3) is 0.318. The highest BCUT2D eigenvalue weighted by Crippen LogP contribution is 2.45. The van der Waals surface area contributed by atoms with Gasteiger partial charge in [0.1, 0.15) is 5.75 Å². The molecule has 1 N–H and O–H groups in total. The molecule has 7 heteroatoms. The third kappa shape index (κ3) is 2.85. The predicted octanol–water partition coefficient (Wildman–Crippen LogP) is 3.02. The molecule has 2 aliphatic rings. The molecule has 29 heavy (non-hydrogen) atoms. The Morgan fingerprint density at radius 3 is 2.55 bits per heavy atom. The summed E-state index contributed by atoms with van der Waals surface area (Å²) in [5.41, 5.74) is 0.159. The van der Waals surface area contributed by atoms with Crippen LogP contribution in [0.4, 0.5) is 11.4 Å². The van der Waals surface area contributed by atoms with Gasteiger partial charge in [-0.3, -0.25) is 19.3 Å². The van der Waals surface area contributed by atoms with E-state index >= 15 is 0 Å². The summed E-state index contributed by atoms with van der Waals surface area (Å²) in [6.45, 7) is 2.33. The van der Waals surface area contributed by atoms with E-state index < -0.39 is 5.66 Å². The molecular formula is C22H23N3O4. The number of rotatable bonds is 5. The largest absolute Gasteiger partial charge is 0.497 e. The predicted molar refractivity (Wildman–Crippen MR) is 109 cm³/mol. The highest BCUT2D eigenvalue weighted by atomic mass is 16.5. The van der Waals surface area contributed by atoms with Crippen LogP contribution in [0.5, 0.6) is 5.75 Å². The normalized spacial score (nSPS) is 20.3. The second-order valence-electron chi connectivity index (χ2n) is 7.20. The van der Waals surface area contributed by atoms with Gasteiger partial charge >= 0.3 is 0 Å². The molecule has 1 fully saturated rings. The van der Waals surface area contributed by atoms with Gasteiger partial charge in [-0.25, -0.2) is 0 Å². The monoisotopic (exact) mass is 393 g/mol. The molecule has 2 heterocycles. The van der Waals surface area contributed by atoms with Gasteiger partial charge in [0.15, 0.2) is 0 Å². The number of carbonyl (C=O) groups excluding carboxylic acids is 3. The first kappa shape index (κ1) is 19.0. The molecule has 2 aliphatic heterocycles. The molecule has 0 spiro atoms. The molecule has 150 valence electrons. The molecule has 1 atom stereocenters. The van der Waals surface area contributed by atoms with Gasteiger partial charge in [0.2, 0.25) is 11.6 Å². The molecule has 2 aromatic carbocycles. The van der Waals surface area contributed by atoms with Gasteiger partial charge in [-0.1, -0.05) is 19.1 Å². The van der Waals surface area contributed by atoms with E-state index in [1.807, 2.05) is 6.92 Å². The lowest BCUT2D eigenvalue weighted by Gasteiger charge is -2.49. The Morgan fingerprint density at radius 1 is 1.14 bits per heavy atom. The van der Waals surface area contributed by atoms with Crippen LogP contribution in [0.3, 0.4) is 0 Å². The number of nitrogens with one attached hydrogen (secondary N) is 1. The number of hydrogen-bond donors (Lipinski definition) is 1. The summed E-state index contributed by atoms with van der Waals surface area (Å²) in [7, 11) is 1.57. The van der Waals surface area contributed by atoms with Crippen LogP contribution in [0.2, 0.25) is 0 Å². The zero-order valence-electron chi connectivity index (χ0n) is 16.5. The number of nitrogens with zero attached hydrogens (tertiary/aromatic N) is 2. The number of carbonyl (C=O) groups is 3. The number of hydrogen-bond acceptors (Lipinski definition) is 4. The van der Waals surface area contributed by atoms with E-state index in [0.29, 0.717) is 35.7 Å². The smallest absolute Gasteiger partial charge is 0.271 e. The molecule has 7 nitrogen and oxygen atoms in total. The minimum absolute atomic E-state index is 0.157. The quantitative estimate of drug-likeness (QED) is 0.847. The van der Waals surface area contributed by atoms with E-state index in [9.17, 15) is 14.4 Å². The third-order valence-electron chi connectivity index (χ3n) is 5.53. The van der Waals surface area contributed by atoms with Crippen molar-refractivity contribution in [1.82, 2.24) is 4.90 Å². The molecule has 0 saturated carbocycles. The molecular weight excluding hydrogens is 370 g/mol. The Bertz CT molecular complexity index is 972. The Labute approximate surface area is 169 Å². The fourth-order valence-electron chi connectivity index (χ4n) is 4.22. The molecule has 0 aromatic heterocycles. The molecule has 1 saturated heterocycles. The summed E-state index contributed by atoms with van der Waals surface area (Å²) >= 11 is 0. The second kappa shape index (κ2) is 7.24. The van der Waals surface area contributed by atoms with Crippen LogP contribution in [0.25, 0.3) is 0 Å². The summed E-state index contributed by atoms with van der Waals surface area (Å²) in [6, 6.07) is 13.9. The Balaban J connectivity index is 1.79. The van der Waals surface area contributed by atoms with E-state index in [0.717, 1.165) is 0 Å². The van der Waals surface area contributed by atoms with Gasteiger partial charge in [0, 0.05) is 25.1 Å². The highest BCUT2D eigenvalue weighted by molar-refractivity contribution is 6.18. The van der Waals surface area contributed by atoms with Crippen molar-refractivity contribution in [3.63, 3.8) is 0 Å².